The molecule has 0 fully saturated rings. The molecule has 0 aliphatic carbocycles. The summed E-state index contributed by atoms with van der Waals surface area (Å²) in [5.74, 6) is 1.46. The monoisotopic (exact) mass is 373 g/mol. The van der Waals surface area contributed by atoms with Crippen molar-refractivity contribution in [2.45, 2.75) is 27.7 Å². The number of hydrogen-bond donors (Lipinski definition) is 0. The van der Waals surface area contributed by atoms with Gasteiger partial charge in [0.25, 0.3) is 0 Å². The molecule has 0 aliphatic heterocycles. The van der Waals surface area contributed by atoms with Crippen LogP contribution in [0.25, 0.3) is 0 Å². The first-order valence-corrected chi connectivity index (χ1v) is 6.49. The first kappa shape index (κ1) is 12.6. The molecule has 0 spiro atoms. The van der Waals surface area contributed by atoms with Crippen LogP contribution in [-0.4, -0.2) is 15.2 Å². The Hall–Kier alpha value is -0.492. The van der Waals surface area contributed by atoms with E-state index in [2.05, 4.69) is 37.3 Å². The van der Waals surface area contributed by atoms with Gasteiger partial charge in [-0.2, -0.15) is 0 Å². The summed E-state index contributed by atoms with van der Waals surface area (Å²) in [6.07, 6.45) is 0. The van der Waals surface area contributed by atoms with E-state index in [1.807, 2.05) is 7.05 Å². The van der Waals surface area contributed by atoms with E-state index < -0.39 is 0 Å². The Morgan fingerprint density at radius 1 is 1.40 bits per heavy atom. The van der Waals surface area contributed by atoms with Crippen LogP contribution in [0.4, 0.5) is 5.82 Å². The Bertz CT molecular complexity index is 414. The van der Waals surface area contributed by atoms with Crippen LogP contribution in [0, 0.1) is 19.8 Å². The van der Waals surface area contributed by atoms with Gasteiger partial charge in [-0.25, -0.2) is 0 Å². The van der Waals surface area contributed by atoms with Crippen LogP contribution in [0.5, 0.6) is 0 Å². The van der Waals surface area contributed by atoms with E-state index >= 15 is 0 Å². The minimum absolute atomic E-state index is 0.556. The molecule has 0 saturated heterocycles. The molecule has 0 bridgehead atoms. The standard InChI is InChI=1S/C12H17N2.W/c1-8(2)7-11-9(3)10(4)14(6)12(11)13-5;/h5,8H,1-4,6H3;/q-1;. The van der Waals surface area contributed by atoms with Crippen molar-refractivity contribution in [2.75, 3.05) is 0 Å². The van der Waals surface area contributed by atoms with Crippen LogP contribution < -0.4 is 0 Å². The average Bonchev–Trinajstić information content (AvgIpc) is 2.41. The predicted octanol–water partition coefficient (Wildman–Crippen LogP) is 2.57. The fourth-order valence-electron chi connectivity index (χ4n) is 1.66. The maximum absolute atomic E-state index is 5.47. The number of nitrogens with zero attached hydrogens (tertiary/aromatic N) is 2. The molecule has 1 aromatic rings. The van der Waals surface area contributed by atoms with E-state index in [0.29, 0.717) is 5.92 Å². The topological polar surface area (TPSA) is 17.3 Å². The van der Waals surface area contributed by atoms with Gasteiger partial charge in [-0.05, 0) is 0 Å². The summed E-state index contributed by atoms with van der Waals surface area (Å²) in [6, 6.07) is 0. The first-order chi connectivity index (χ1) is 6.91. The van der Waals surface area contributed by atoms with Gasteiger partial charge < -0.3 is 0 Å². The summed E-state index contributed by atoms with van der Waals surface area (Å²) in [5, 5.41) is 0. The van der Waals surface area contributed by atoms with Crippen molar-refractivity contribution in [3.05, 3.63) is 16.8 Å². The molecule has 82 valence electrons. The van der Waals surface area contributed by atoms with Gasteiger partial charge in [-0.3, -0.25) is 0 Å². The molecule has 0 saturated carbocycles. The molecular weight excluding hydrogens is 356 g/mol. The Kier molecular flexibility index (Phi) is 3.83. The normalized spacial score (nSPS) is 10.8. The number of aromatic nitrogens is 1. The second-order valence-corrected chi connectivity index (χ2v) is 5.70. The Morgan fingerprint density at radius 3 is 2.33 bits per heavy atom. The molecule has 0 aromatic carbocycles. The van der Waals surface area contributed by atoms with Crippen molar-refractivity contribution in [2.24, 2.45) is 18.0 Å². The van der Waals surface area contributed by atoms with Gasteiger partial charge >= 0.3 is 103 Å². The molecule has 1 rings (SSSR count). The van der Waals surface area contributed by atoms with E-state index in [1.54, 1.807) is 0 Å². The van der Waals surface area contributed by atoms with Crippen molar-refractivity contribution >= 4 is 16.4 Å². The van der Waals surface area contributed by atoms with Crippen molar-refractivity contribution in [1.82, 2.24) is 4.57 Å². The summed E-state index contributed by atoms with van der Waals surface area (Å²) in [6.45, 7) is 14.1. The van der Waals surface area contributed by atoms with E-state index in [9.17, 15) is 0 Å². The molecule has 2 nitrogen and oxygen atoms in total. The van der Waals surface area contributed by atoms with Gasteiger partial charge in [0.15, 0.2) is 0 Å². The molecule has 0 radical (unpaired) electrons. The van der Waals surface area contributed by atoms with E-state index in [-0.39, 0.29) is 0 Å². The average molecular weight is 373 g/mol. The van der Waals surface area contributed by atoms with E-state index in [0.717, 1.165) is 5.82 Å². The van der Waals surface area contributed by atoms with Crippen LogP contribution in [0.15, 0.2) is 4.99 Å². The predicted molar refractivity (Wildman–Crippen MR) is 62.0 cm³/mol. The Labute approximate surface area is 103 Å². The molecule has 1 heterocycles. The van der Waals surface area contributed by atoms with Gasteiger partial charge in [0, 0.05) is 0 Å². The molecule has 0 atom stereocenters. The summed E-state index contributed by atoms with van der Waals surface area (Å²) in [7, 11) is 2.01. The fraction of sp³-hybridized carbons (Fsp3) is 0.500. The number of hydrogen-bond acceptors (Lipinski definition) is 1. The van der Waals surface area contributed by atoms with E-state index in [4.69, 9.17) is 6.72 Å². The van der Waals surface area contributed by atoms with Crippen LogP contribution in [-0.2, 0) is 26.4 Å². The van der Waals surface area contributed by atoms with Crippen LogP contribution >= 0.6 is 0 Å². The summed E-state index contributed by atoms with van der Waals surface area (Å²) < 4.78 is 3.50. The third-order valence-corrected chi connectivity index (χ3v) is 5.28. The SMILES string of the molecule is [CH-]=Nc1c([C](=[W])C(C)C)c(C)c(C)n1C. The van der Waals surface area contributed by atoms with Gasteiger partial charge in [-0.1, -0.05) is 0 Å². The molecule has 0 aliphatic rings. The zero-order chi connectivity index (χ0) is 11.7. The maximum atomic E-state index is 5.47. The fourth-order valence-corrected chi connectivity index (χ4v) is 2.54. The number of rotatable bonds is 3. The molecule has 3 heteroatoms. The second-order valence-electron chi connectivity index (χ2n) is 4.12. The third-order valence-electron chi connectivity index (χ3n) is 2.86. The van der Waals surface area contributed by atoms with Crippen molar-refractivity contribution < 1.29 is 19.4 Å². The summed E-state index contributed by atoms with van der Waals surface area (Å²) in [4.78, 5) is 3.91. The quantitative estimate of drug-likeness (QED) is 0.573. The zero-order valence-electron chi connectivity index (χ0n) is 9.96. The summed E-state index contributed by atoms with van der Waals surface area (Å²) in [5.41, 5.74) is 3.80. The molecule has 1 aromatic heterocycles. The Balaban J connectivity index is 3.47. The molecule has 15 heavy (non-hydrogen) atoms. The molecule has 0 unspecified atom stereocenters. The second kappa shape index (κ2) is 4.57. The van der Waals surface area contributed by atoms with Crippen molar-refractivity contribution in [3.63, 3.8) is 0 Å². The molecule has 0 amide bonds. The van der Waals surface area contributed by atoms with Gasteiger partial charge in [0.2, 0.25) is 0 Å². The van der Waals surface area contributed by atoms with Gasteiger partial charge in [0.05, 0.1) is 0 Å². The summed E-state index contributed by atoms with van der Waals surface area (Å²) >= 11 is 1.50. The van der Waals surface area contributed by atoms with Crippen molar-refractivity contribution in [1.29, 1.82) is 0 Å². The number of aliphatic imine (C=N–C) groups is 1. The minimum atomic E-state index is 0.556. The van der Waals surface area contributed by atoms with Gasteiger partial charge in [-0.15, -0.1) is 0 Å². The third kappa shape index (κ3) is 2.05. The van der Waals surface area contributed by atoms with Crippen LogP contribution in [0.3, 0.4) is 0 Å². The van der Waals surface area contributed by atoms with Crippen LogP contribution in [0.2, 0.25) is 0 Å². The zero-order valence-corrected chi connectivity index (χ0v) is 12.9. The van der Waals surface area contributed by atoms with Crippen molar-refractivity contribution in [3.8, 4) is 0 Å². The van der Waals surface area contributed by atoms with Crippen LogP contribution in [0.1, 0.15) is 30.7 Å². The molecule has 0 N–H and O–H groups in total. The Morgan fingerprint density at radius 2 is 1.93 bits per heavy atom. The van der Waals surface area contributed by atoms with E-state index in [1.165, 1.54) is 40.1 Å². The molecular formula is C12H17N2W-. The first-order valence-electron chi connectivity index (χ1n) is 5.02. The van der Waals surface area contributed by atoms with Gasteiger partial charge in [0.1, 0.15) is 0 Å².